The van der Waals surface area contributed by atoms with Gasteiger partial charge >= 0.3 is 11.9 Å². The number of esters is 1. The zero-order chi connectivity index (χ0) is 12.3. The van der Waals surface area contributed by atoms with E-state index in [0.717, 1.165) is 13.2 Å². The number of amides is 1. The van der Waals surface area contributed by atoms with Gasteiger partial charge < -0.3 is 10.1 Å². The Bertz CT molecular complexity index is 448. The van der Waals surface area contributed by atoms with Crippen molar-refractivity contribution in [3.05, 3.63) is 29.6 Å². The maximum absolute atomic E-state index is 13.0. The van der Waals surface area contributed by atoms with Crippen molar-refractivity contribution >= 4 is 17.6 Å². The van der Waals surface area contributed by atoms with Gasteiger partial charge in [0, 0.05) is 0 Å². The Morgan fingerprint density at radius 1 is 1.19 bits per heavy atom. The van der Waals surface area contributed by atoms with E-state index in [2.05, 4.69) is 4.74 Å². The number of methoxy groups -OCH3 is 1. The molecule has 7 heteroatoms. The molecule has 1 aromatic rings. The van der Waals surface area contributed by atoms with E-state index < -0.39 is 35.0 Å². The fourth-order valence-corrected chi connectivity index (χ4v) is 0.888. The largest absolute Gasteiger partial charge is 0.462 e. The van der Waals surface area contributed by atoms with Crippen LogP contribution in [0.4, 0.5) is 18.9 Å². The lowest BCUT2D eigenvalue weighted by molar-refractivity contribution is -0.150. The van der Waals surface area contributed by atoms with Crippen LogP contribution in [0.1, 0.15) is 0 Å². The number of nitrogens with one attached hydrogen (secondary N) is 1. The van der Waals surface area contributed by atoms with E-state index in [4.69, 9.17) is 0 Å². The van der Waals surface area contributed by atoms with Crippen LogP contribution in [0.25, 0.3) is 0 Å². The lowest BCUT2D eigenvalue weighted by Crippen LogP contribution is -2.24. The maximum atomic E-state index is 13.0. The zero-order valence-corrected chi connectivity index (χ0v) is 8.01. The molecule has 1 aromatic carbocycles. The van der Waals surface area contributed by atoms with Gasteiger partial charge in [0.05, 0.1) is 12.8 Å². The standard InChI is InChI=1S/C9H6F3NO3/c1-16-9(15)8(14)13-5-3-2-4(10)6(11)7(5)12/h2-3H,1H3,(H,13,14). The molecule has 0 aromatic heterocycles. The minimum absolute atomic E-state index is 0.616. The van der Waals surface area contributed by atoms with Gasteiger partial charge in [0.1, 0.15) is 0 Å². The quantitative estimate of drug-likeness (QED) is 0.450. The lowest BCUT2D eigenvalue weighted by atomic mass is 10.3. The van der Waals surface area contributed by atoms with Crippen molar-refractivity contribution in [2.75, 3.05) is 12.4 Å². The van der Waals surface area contributed by atoms with Crippen molar-refractivity contribution in [1.82, 2.24) is 0 Å². The molecule has 0 aliphatic rings. The van der Waals surface area contributed by atoms with Gasteiger partial charge in [-0.15, -0.1) is 0 Å². The van der Waals surface area contributed by atoms with Crippen LogP contribution in [0.5, 0.6) is 0 Å². The highest BCUT2D eigenvalue weighted by Gasteiger charge is 2.19. The highest BCUT2D eigenvalue weighted by molar-refractivity contribution is 6.37. The number of benzene rings is 1. The Morgan fingerprint density at radius 2 is 1.81 bits per heavy atom. The number of ether oxygens (including phenoxy) is 1. The van der Waals surface area contributed by atoms with Crippen LogP contribution in [0.3, 0.4) is 0 Å². The summed E-state index contributed by atoms with van der Waals surface area (Å²) in [6, 6.07) is 1.40. The first-order chi connectivity index (χ1) is 7.47. The van der Waals surface area contributed by atoms with Crippen LogP contribution in [0.2, 0.25) is 0 Å². The summed E-state index contributed by atoms with van der Waals surface area (Å²) in [4.78, 5) is 21.6. The van der Waals surface area contributed by atoms with Crippen LogP contribution >= 0.6 is 0 Å². The van der Waals surface area contributed by atoms with Gasteiger partial charge in [0.2, 0.25) is 0 Å². The van der Waals surface area contributed by atoms with Gasteiger partial charge in [0.25, 0.3) is 0 Å². The first-order valence-electron chi connectivity index (χ1n) is 4.00. The number of hydrogen-bond donors (Lipinski definition) is 1. The molecule has 1 rings (SSSR count). The van der Waals surface area contributed by atoms with Gasteiger partial charge in [-0.2, -0.15) is 0 Å². The van der Waals surface area contributed by atoms with E-state index in [1.165, 1.54) is 0 Å². The average molecular weight is 233 g/mol. The second-order valence-corrected chi connectivity index (χ2v) is 2.67. The van der Waals surface area contributed by atoms with Crippen molar-refractivity contribution in [2.45, 2.75) is 0 Å². The minimum atomic E-state index is -1.73. The molecule has 0 saturated heterocycles. The molecule has 0 aliphatic carbocycles. The molecular formula is C9H6F3NO3. The molecule has 16 heavy (non-hydrogen) atoms. The second kappa shape index (κ2) is 4.65. The molecule has 0 saturated carbocycles. The minimum Gasteiger partial charge on any atom is -0.462 e. The van der Waals surface area contributed by atoms with E-state index in [0.29, 0.717) is 6.07 Å². The molecule has 0 fully saturated rings. The van der Waals surface area contributed by atoms with Crippen LogP contribution in [-0.2, 0) is 14.3 Å². The monoisotopic (exact) mass is 233 g/mol. The van der Waals surface area contributed by atoms with Gasteiger partial charge in [0.15, 0.2) is 17.5 Å². The highest BCUT2D eigenvalue weighted by Crippen LogP contribution is 2.19. The fraction of sp³-hybridized carbons (Fsp3) is 0.111. The average Bonchev–Trinajstić information content (AvgIpc) is 2.28. The lowest BCUT2D eigenvalue weighted by Gasteiger charge is -2.05. The van der Waals surface area contributed by atoms with E-state index >= 15 is 0 Å². The second-order valence-electron chi connectivity index (χ2n) is 2.67. The topological polar surface area (TPSA) is 55.4 Å². The molecule has 0 aliphatic heterocycles. The first-order valence-corrected chi connectivity index (χ1v) is 4.00. The van der Waals surface area contributed by atoms with Crippen molar-refractivity contribution in [1.29, 1.82) is 0 Å². The van der Waals surface area contributed by atoms with Crippen molar-refractivity contribution in [3.8, 4) is 0 Å². The van der Waals surface area contributed by atoms with E-state index in [1.54, 1.807) is 5.32 Å². The van der Waals surface area contributed by atoms with Crippen LogP contribution in [0.15, 0.2) is 12.1 Å². The molecule has 86 valence electrons. The van der Waals surface area contributed by atoms with Crippen LogP contribution in [-0.4, -0.2) is 19.0 Å². The molecule has 0 bridgehead atoms. The number of anilines is 1. The van der Waals surface area contributed by atoms with Crippen molar-refractivity contribution < 1.29 is 27.5 Å². The number of hydrogen-bond acceptors (Lipinski definition) is 3. The molecule has 0 heterocycles. The molecule has 1 amide bonds. The molecule has 1 N–H and O–H groups in total. The van der Waals surface area contributed by atoms with Gasteiger partial charge in [-0.05, 0) is 12.1 Å². The third kappa shape index (κ3) is 2.30. The summed E-state index contributed by atoms with van der Waals surface area (Å²) in [5, 5.41) is 1.73. The van der Waals surface area contributed by atoms with E-state index in [1.807, 2.05) is 0 Å². The predicted molar refractivity (Wildman–Crippen MR) is 47.0 cm³/mol. The van der Waals surface area contributed by atoms with Gasteiger partial charge in [-0.3, -0.25) is 4.79 Å². The smallest absolute Gasteiger partial charge is 0.396 e. The Hall–Kier alpha value is -2.05. The van der Waals surface area contributed by atoms with Crippen molar-refractivity contribution in [2.24, 2.45) is 0 Å². The molecular weight excluding hydrogens is 227 g/mol. The Kier molecular flexibility index (Phi) is 3.49. The number of halogens is 3. The van der Waals surface area contributed by atoms with E-state index in [9.17, 15) is 22.8 Å². The summed E-state index contributed by atoms with van der Waals surface area (Å²) >= 11 is 0. The summed E-state index contributed by atoms with van der Waals surface area (Å²) < 4.78 is 42.3. The SMILES string of the molecule is COC(=O)C(=O)Nc1ccc(F)c(F)c1F. The van der Waals surface area contributed by atoms with Crippen molar-refractivity contribution in [3.63, 3.8) is 0 Å². The summed E-state index contributed by atoms with van der Waals surface area (Å²) in [5.74, 6) is -7.27. The third-order valence-corrected chi connectivity index (χ3v) is 1.65. The van der Waals surface area contributed by atoms with Crippen LogP contribution in [0, 0.1) is 17.5 Å². The van der Waals surface area contributed by atoms with Gasteiger partial charge in [-0.25, -0.2) is 18.0 Å². The van der Waals surface area contributed by atoms with Gasteiger partial charge in [-0.1, -0.05) is 0 Å². The molecule has 4 nitrogen and oxygen atoms in total. The summed E-state index contributed by atoms with van der Waals surface area (Å²) in [7, 11) is 0.948. The summed E-state index contributed by atoms with van der Waals surface area (Å²) in [6.45, 7) is 0. The summed E-state index contributed by atoms with van der Waals surface area (Å²) in [6.07, 6.45) is 0. The molecule has 0 radical (unpaired) electrons. The third-order valence-electron chi connectivity index (χ3n) is 1.65. The molecule has 0 atom stereocenters. The first kappa shape index (κ1) is 12.0. The molecule has 0 spiro atoms. The Labute approximate surface area is 88.0 Å². The predicted octanol–water partition coefficient (Wildman–Crippen LogP) is 1.22. The normalized spacial score (nSPS) is 9.75. The maximum Gasteiger partial charge on any atom is 0.396 e. The zero-order valence-electron chi connectivity index (χ0n) is 8.01. The number of rotatable bonds is 1. The number of carbonyl (C=O) groups is 2. The fourth-order valence-electron chi connectivity index (χ4n) is 0.888. The highest BCUT2D eigenvalue weighted by atomic mass is 19.2. The molecule has 0 unspecified atom stereocenters. The van der Waals surface area contributed by atoms with Crippen LogP contribution < -0.4 is 5.32 Å². The van der Waals surface area contributed by atoms with E-state index in [-0.39, 0.29) is 0 Å². The number of carbonyl (C=O) groups excluding carboxylic acids is 2. The Morgan fingerprint density at radius 3 is 2.38 bits per heavy atom. The summed E-state index contributed by atoms with van der Waals surface area (Å²) in [5.41, 5.74) is -0.644. The Balaban J connectivity index is 2.95.